The fraction of sp³-hybridized carbons (Fsp3) is 0.364. The molecule has 3 aromatic rings. The number of rotatable bonds is 4. The Morgan fingerprint density at radius 2 is 2.06 bits per heavy atom. The van der Waals surface area contributed by atoms with Gasteiger partial charge in [0.15, 0.2) is 5.82 Å². The van der Waals surface area contributed by atoms with Crippen molar-refractivity contribution in [1.82, 2.24) is 30.0 Å². The van der Waals surface area contributed by atoms with Gasteiger partial charge in [0.1, 0.15) is 12.1 Å². The minimum atomic E-state index is -0.985. The summed E-state index contributed by atoms with van der Waals surface area (Å²) < 4.78 is 2.04. The highest BCUT2D eigenvalue weighted by Crippen LogP contribution is 2.33. The predicted molar refractivity (Wildman–Crippen MR) is 116 cm³/mol. The zero-order chi connectivity index (χ0) is 21.4. The van der Waals surface area contributed by atoms with Crippen molar-refractivity contribution in [3.8, 4) is 11.3 Å². The molecule has 1 aliphatic carbocycles. The van der Waals surface area contributed by atoms with Crippen molar-refractivity contribution in [2.24, 2.45) is 0 Å². The maximum Gasteiger partial charge on any atom is 0.405 e. The van der Waals surface area contributed by atoms with Gasteiger partial charge < -0.3 is 15.7 Å². The summed E-state index contributed by atoms with van der Waals surface area (Å²) in [7, 11) is 2.11. The number of carboxylic acid groups (broad SMARTS) is 1. The third-order valence-corrected chi connectivity index (χ3v) is 5.96. The highest BCUT2D eigenvalue weighted by atomic mass is 16.4. The van der Waals surface area contributed by atoms with Crippen LogP contribution in [0.5, 0.6) is 0 Å². The van der Waals surface area contributed by atoms with E-state index in [1.165, 1.54) is 11.3 Å². The molecule has 1 unspecified atom stereocenters. The highest BCUT2D eigenvalue weighted by Gasteiger charge is 2.22. The quantitative estimate of drug-likeness (QED) is 0.596. The van der Waals surface area contributed by atoms with Gasteiger partial charge in [0, 0.05) is 30.8 Å². The number of carbonyl (C=O) groups is 1. The molecular formula is C22H25N7O2. The molecule has 0 bridgehead atoms. The number of hydrogen-bond acceptors (Lipinski definition) is 6. The summed E-state index contributed by atoms with van der Waals surface area (Å²) in [5.41, 5.74) is 5.22. The Kier molecular flexibility index (Phi) is 5.03. The Labute approximate surface area is 180 Å². The molecule has 0 saturated heterocycles. The largest absolute Gasteiger partial charge is 0.465 e. The third-order valence-electron chi connectivity index (χ3n) is 5.96. The maximum absolute atomic E-state index is 11.1. The normalized spacial score (nSPS) is 18.2. The molecule has 5 rings (SSSR count). The zero-order valence-electron chi connectivity index (χ0n) is 17.4. The van der Waals surface area contributed by atoms with Gasteiger partial charge in [-0.05, 0) is 43.5 Å². The second-order valence-corrected chi connectivity index (χ2v) is 8.20. The molecule has 1 aliphatic heterocycles. The van der Waals surface area contributed by atoms with Crippen molar-refractivity contribution >= 4 is 17.7 Å². The third kappa shape index (κ3) is 4.09. The van der Waals surface area contributed by atoms with E-state index in [0.717, 1.165) is 61.5 Å². The van der Waals surface area contributed by atoms with Crippen LogP contribution in [0.3, 0.4) is 0 Å². The summed E-state index contributed by atoms with van der Waals surface area (Å²) in [6.07, 6.45) is 3.28. The van der Waals surface area contributed by atoms with Crippen LogP contribution >= 0.6 is 0 Å². The summed E-state index contributed by atoms with van der Waals surface area (Å²) in [5.74, 6) is 1.47. The molecule has 0 spiro atoms. The highest BCUT2D eigenvalue weighted by molar-refractivity contribution is 5.68. The molecule has 0 radical (unpaired) electrons. The number of hydrogen-bond donors (Lipinski definition) is 3. The van der Waals surface area contributed by atoms with Gasteiger partial charge in [-0.3, -0.25) is 9.58 Å². The van der Waals surface area contributed by atoms with Gasteiger partial charge in [-0.25, -0.2) is 14.8 Å². The number of aryl methyl sites for hydroxylation is 1. The zero-order valence-corrected chi connectivity index (χ0v) is 17.4. The summed E-state index contributed by atoms with van der Waals surface area (Å²) in [5, 5.41) is 19.7. The smallest absolute Gasteiger partial charge is 0.405 e. The van der Waals surface area contributed by atoms with Crippen LogP contribution in [0.15, 0.2) is 36.7 Å². The van der Waals surface area contributed by atoms with Gasteiger partial charge in [0.05, 0.1) is 24.0 Å². The number of anilines is 2. The molecule has 2 aromatic heterocycles. The molecule has 2 aliphatic rings. The molecule has 160 valence electrons. The first-order valence-corrected chi connectivity index (χ1v) is 10.5. The monoisotopic (exact) mass is 419 g/mol. The first-order chi connectivity index (χ1) is 15.0. The molecule has 3 N–H and O–H groups in total. The van der Waals surface area contributed by atoms with Crippen molar-refractivity contribution < 1.29 is 9.90 Å². The van der Waals surface area contributed by atoms with E-state index in [2.05, 4.69) is 49.8 Å². The molecule has 31 heavy (non-hydrogen) atoms. The minimum absolute atomic E-state index is 0.149. The number of fused-ring (bicyclic) bond motifs is 2. The average Bonchev–Trinajstić information content (AvgIpc) is 3.14. The topological polar surface area (TPSA) is 108 Å². The first kappa shape index (κ1) is 19.5. The van der Waals surface area contributed by atoms with Gasteiger partial charge in [-0.2, -0.15) is 5.10 Å². The van der Waals surface area contributed by atoms with Crippen LogP contribution in [0.1, 0.15) is 35.7 Å². The molecular weight excluding hydrogens is 394 g/mol. The van der Waals surface area contributed by atoms with E-state index in [0.29, 0.717) is 5.82 Å². The van der Waals surface area contributed by atoms with Crippen molar-refractivity contribution in [2.45, 2.75) is 38.4 Å². The van der Waals surface area contributed by atoms with E-state index < -0.39 is 6.09 Å². The van der Waals surface area contributed by atoms with E-state index in [1.807, 2.05) is 22.9 Å². The summed E-state index contributed by atoms with van der Waals surface area (Å²) in [6.45, 7) is 2.76. The van der Waals surface area contributed by atoms with Gasteiger partial charge in [-0.15, -0.1) is 0 Å². The molecule has 0 fully saturated rings. The van der Waals surface area contributed by atoms with E-state index in [9.17, 15) is 4.79 Å². The van der Waals surface area contributed by atoms with E-state index in [4.69, 9.17) is 5.11 Å². The van der Waals surface area contributed by atoms with Gasteiger partial charge >= 0.3 is 6.09 Å². The van der Waals surface area contributed by atoms with Crippen molar-refractivity contribution in [2.75, 3.05) is 18.9 Å². The molecule has 0 saturated carbocycles. The van der Waals surface area contributed by atoms with E-state index in [1.54, 1.807) is 6.33 Å². The fourth-order valence-electron chi connectivity index (χ4n) is 4.45. The van der Waals surface area contributed by atoms with Crippen molar-refractivity contribution in [3.63, 3.8) is 0 Å². The summed E-state index contributed by atoms with van der Waals surface area (Å²) >= 11 is 0. The van der Waals surface area contributed by atoms with Gasteiger partial charge in [0.2, 0.25) is 0 Å². The maximum atomic E-state index is 11.1. The summed E-state index contributed by atoms with van der Waals surface area (Å²) in [4.78, 5) is 22.2. The van der Waals surface area contributed by atoms with Crippen molar-refractivity contribution in [3.05, 3.63) is 53.5 Å². The van der Waals surface area contributed by atoms with Crippen LogP contribution in [-0.2, 0) is 19.5 Å². The fourth-order valence-corrected chi connectivity index (χ4v) is 4.45. The number of nitrogens with zero attached hydrogens (tertiary/aromatic N) is 5. The predicted octanol–water partition coefficient (Wildman–Crippen LogP) is 3.17. The van der Waals surface area contributed by atoms with Crippen LogP contribution in [0, 0.1) is 0 Å². The van der Waals surface area contributed by atoms with Crippen LogP contribution < -0.4 is 10.6 Å². The molecule has 1 amide bonds. The second-order valence-electron chi connectivity index (χ2n) is 8.20. The molecule has 3 heterocycles. The number of benzene rings is 1. The number of nitrogens with one attached hydrogen (secondary N) is 2. The Balaban J connectivity index is 1.37. The Morgan fingerprint density at radius 1 is 1.16 bits per heavy atom. The number of aromatic nitrogens is 4. The second kappa shape index (κ2) is 7.99. The Hall–Kier alpha value is -3.46. The van der Waals surface area contributed by atoms with E-state index in [-0.39, 0.29) is 6.04 Å². The number of amides is 1. The Bertz CT molecular complexity index is 1130. The first-order valence-electron chi connectivity index (χ1n) is 10.5. The standard InChI is InChI=1S/C22H25N7O2/c1-28-7-8-29-16(12-28)10-21(27-29)26-20-11-19(23-13-24-20)15-5-6-17-14(9-15)3-2-4-18(17)25-22(30)31/h5-6,9-11,13,18,25H,2-4,7-8,12H2,1H3,(H,30,31)(H,23,24,26,27). The van der Waals surface area contributed by atoms with Gasteiger partial charge in [-0.1, -0.05) is 12.1 Å². The lowest BCUT2D eigenvalue weighted by atomic mass is 9.86. The van der Waals surface area contributed by atoms with Crippen LogP contribution in [0.25, 0.3) is 11.3 Å². The Morgan fingerprint density at radius 3 is 2.94 bits per heavy atom. The van der Waals surface area contributed by atoms with E-state index >= 15 is 0 Å². The minimum Gasteiger partial charge on any atom is -0.465 e. The van der Waals surface area contributed by atoms with Crippen molar-refractivity contribution in [1.29, 1.82) is 0 Å². The molecule has 9 heteroatoms. The molecule has 9 nitrogen and oxygen atoms in total. The lowest BCUT2D eigenvalue weighted by molar-refractivity contribution is 0.188. The average molecular weight is 419 g/mol. The lowest BCUT2D eigenvalue weighted by Crippen LogP contribution is -2.30. The lowest BCUT2D eigenvalue weighted by Gasteiger charge is -2.25. The van der Waals surface area contributed by atoms with Crippen LogP contribution in [-0.4, -0.2) is 49.4 Å². The van der Waals surface area contributed by atoms with Gasteiger partial charge in [0.25, 0.3) is 0 Å². The molecule has 1 aromatic carbocycles. The van der Waals surface area contributed by atoms with Crippen LogP contribution in [0.4, 0.5) is 16.4 Å². The van der Waals surface area contributed by atoms with Crippen LogP contribution in [0.2, 0.25) is 0 Å². The summed E-state index contributed by atoms with van der Waals surface area (Å²) in [6, 6.07) is 9.96. The number of likely N-dealkylation sites (N-methyl/N-ethyl adjacent to an activating group) is 1. The molecule has 1 atom stereocenters. The SMILES string of the molecule is CN1CCn2nc(Nc3cc(-c4ccc5c(c4)CCCC5NC(=O)O)ncn3)cc2C1.